The number of amides is 1. The van der Waals surface area contributed by atoms with Gasteiger partial charge in [0.15, 0.2) is 5.69 Å². The van der Waals surface area contributed by atoms with Crippen molar-refractivity contribution >= 4 is 18.3 Å². The highest BCUT2D eigenvalue weighted by molar-refractivity contribution is 5.94. The molecule has 2 unspecified atom stereocenters. The molecule has 1 saturated carbocycles. The molecule has 2 aliphatic rings. The summed E-state index contributed by atoms with van der Waals surface area (Å²) in [6.45, 7) is 11.7. The Morgan fingerprint density at radius 2 is 2.16 bits per heavy atom. The van der Waals surface area contributed by atoms with Crippen molar-refractivity contribution in [3.05, 3.63) is 17.0 Å². The molecule has 2 heterocycles. The minimum absolute atomic E-state index is 0. The van der Waals surface area contributed by atoms with Crippen molar-refractivity contribution in [2.45, 2.75) is 65.6 Å². The van der Waals surface area contributed by atoms with E-state index in [9.17, 15) is 4.79 Å². The quantitative estimate of drug-likeness (QED) is 0.807. The zero-order valence-electron chi connectivity index (χ0n) is 15.7. The topological polar surface area (TPSA) is 70.2 Å². The smallest absolute Gasteiger partial charge is 0.274 e. The average molecular weight is 371 g/mol. The van der Waals surface area contributed by atoms with Crippen molar-refractivity contribution in [2.75, 3.05) is 19.7 Å². The first-order valence-electron chi connectivity index (χ1n) is 9.20. The van der Waals surface area contributed by atoms with Crippen LogP contribution in [0.1, 0.15) is 62.3 Å². The highest BCUT2D eigenvalue weighted by Gasteiger charge is 2.52. The highest BCUT2D eigenvalue weighted by Crippen LogP contribution is 2.46. The molecule has 3 rings (SSSR count). The summed E-state index contributed by atoms with van der Waals surface area (Å²) in [7, 11) is 0. The predicted molar refractivity (Wildman–Crippen MR) is 100 cm³/mol. The first kappa shape index (κ1) is 20.2. The fraction of sp³-hybridized carbons (Fsp3) is 0.778. The molecule has 25 heavy (non-hydrogen) atoms. The lowest BCUT2D eigenvalue weighted by Crippen LogP contribution is -2.63. The molecule has 0 aromatic carbocycles. The molecular weight excluding hydrogens is 340 g/mol. The van der Waals surface area contributed by atoms with Crippen molar-refractivity contribution in [1.82, 2.24) is 20.4 Å². The summed E-state index contributed by atoms with van der Waals surface area (Å²) in [4.78, 5) is 15.3. The van der Waals surface area contributed by atoms with E-state index in [0.29, 0.717) is 5.69 Å². The molecule has 2 N–H and O–H groups in total. The van der Waals surface area contributed by atoms with Crippen molar-refractivity contribution < 1.29 is 9.53 Å². The normalized spacial score (nSPS) is 24.0. The Morgan fingerprint density at radius 3 is 2.80 bits per heavy atom. The summed E-state index contributed by atoms with van der Waals surface area (Å²) < 4.78 is 5.84. The van der Waals surface area contributed by atoms with Gasteiger partial charge in [0, 0.05) is 55.4 Å². The fourth-order valence-corrected chi connectivity index (χ4v) is 4.06. The van der Waals surface area contributed by atoms with Crippen LogP contribution in [0.15, 0.2) is 0 Å². The van der Waals surface area contributed by atoms with Crippen molar-refractivity contribution in [2.24, 2.45) is 5.41 Å². The molecule has 2 atom stereocenters. The SMILES string of the molecule is CCCN(C(=O)c1n[nH]c2c1CNCC2)C1CC(OCC)C1(C)C.Cl. The third kappa shape index (κ3) is 3.57. The van der Waals surface area contributed by atoms with Gasteiger partial charge in [0.25, 0.3) is 5.91 Å². The van der Waals surface area contributed by atoms with Crippen LogP contribution in [0.25, 0.3) is 0 Å². The van der Waals surface area contributed by atoms with Crippen molar-refractivity contribution in [3.8, 4) is 0 Å². The van der Waals surface area contributed by atoms with E-state index in [4.69, 9.17) is 4.74 Å². The summed E-state index contributed by atoms with van der Waals surface area (Å²) in [5, 5.41) is 10.8. The van der Waals surface area contributed by atoms with E-state index in [1.54, 1.807) is 0 Å². The molecule has 6 nitrogen and oxygen atoms in total. The number of fused-ring (bicyclic) bond motifs is 1. The summed E-state index contributed by atoms with van der Waals surface area (Å²) in [6, 6.07) is 0.213. The monoisotopic (exact) mass is 370 g/mol. The number of halogens is 1. The van der Waals surface area contributed by atoms with Gasteiger partial charge >= 0.3 is 0 Å². The molecule has 1 aromatic heterocycles. The van der Waals surface area contributed by atoms with Crippen LogP contribution in [-0.4, -0.2) is 52.8 Å². The minimum Gasteiger partial charge on any atom is -0.378 e. The number of nitrogens with one attached hydrogen (secondary N) is 2. The third-order valence-corrected chi connectivity index (χ3v) is 5.60. The fourth-order valence-electron chi connectivity index (χ4n) is 4.06. The van der Waals surface area contributed by atoms with Crippen LogP contribution in [0.3, 0.4) is 0 Å². The van der Waals surface area contributed by atoms with E-state index >= 15 is 0 Å². The number of hydrogen-bond acceptors (Lipinski definition) is 4. The number of aromatic nitrogens is 2. The molecule has 142 valence electrons. The molecule has 0 spiro atoms. The first-order valence-corrected chi connectivity index (χ1v) is 9.20. The molecule has 1 amide bonds. The number of aromatic amines is 1. The molecular formula is C18H31ClN4O2. The predicted octanol–water partition coefficient (Wildman–Crippen LogP) is 2.53. The Kier molecular flexibility index (Phi) is 6.51. The Bertz CT molecular complexity index is 602. The summed E-state index contributed by atoms with van der Waals surface area (Å²) in [6.07, 6.45) is 3.00. The van der Waals surface area contributed by atoms with Crippen LogP contribution in [0.5, 0.6) is 0 Å². The lowest BCUT2D eigenvalue weighted by molar-refractivity contribution is -0.140. The van der Waals surface area contributed by atoms with Gasteiger partial charge in [0.1, 0.15) is 0 Å². The lowest BCUT2D eigenvalue weighted by atomic mass is 9.63. The van der Waals surface area contributed by atoms with Gasteiger partial charge in [0.2, 0.25) is 0 Å². The van der Waals surface area contributed by atoms with Gasteiger partial charge in [-0.05, 0) is 19.8 Å². The average Bonchev–Trinajstić information content (AvgIpc) is 3.00. The maximum absolute atomic E-state index is 13.2. The van der Waals surface area contributed by atoms with Crippen LogP contribution in [0, 0.1) is 5.41 Å². The second-order valence-corrected chi connectivity index (χ2v) is 7.47. The van der Waals surface area contributed by atoms with Gasteiger partial charge < -0.3 is 15.0 Å². The van der Waals surface area contributed by atoms with Gasteiger partial charge in [0.05, 0.1) is 6.10 Å². The summed E-state index contributed by atoms with van der Waals surface area (Å²) >= 11 is 0. The molecule has 0 saturated heterocycles. The minimum atomic E-state index is -0.0184. The van der Waals surface area contributed by atoms with Gasteiger partial charge in [-0.2, -0.15) is 5.10 Å². The molecule has 1 aliphatic heterocycles. The highest BCUT2D eigenvalue weighted by atomic mass is 35.5. The van der Waals surface area contributed by atoms with E-state index in [1.807, 2.05) is 11.8 Å². The Balaban J connectivity index is 0.00000225. The van der Waals surface area contributed by atoms with E-state index < -0.39 is 0 Å². The standard InChI is InChI=1S/C18H30N4O2.ClH/c1-5-9-22(14-10-15(24-6-2)18(14,3)4)17(23)16-12-11-19-8-7-13(12)20-21-16;/h14-15,19H,5-11H2,1-4H3,(H,20,21);1H. The summed E-state index contributed by atoms with van der Waals surface area (Å²) in [5.74, 6) is 0.0612. The zero-order valence-corrected chi connectivity index (χ0v) is 16.5. The van der Waals surface area contributed by atoms with Crippen molar-refractivity contribution in [1.29, 1.82) is 0 Å². The number of hydrogen-bond donors (Lipinski definition) is 2. The maximum atomic E-state index is 13.2. The van der Waals surface area contributed by atoms with Gasteiger partial charge in [-0.25, -0.2) is 0 Å². The van der Waals surface area contributed by atoms with E-state index in [0.717, 1.165) is 56.8 Å². The number of ether oxygens (including phenoxy) is 1. The largest absolute Gasteiger partial charge is 0.378 e. The number of nitrogens with zero attached hydrogens (tertiary/aromatic N) is 2. The zero-order chi connectivity index (χ0) is 17.3. The molecule has 0 bridgehead atoms. The van der Waals surface area contributed by atoms with E-state index in [2.05, 4.69) is 36.3 Å². The van der Waals surface area contributed by atoms with Crippen molar-refractivity contribution in [3.63, 3.8) is 0 Å². The third-order valence-electron chi connectivity index (χ3n) is 5.60. The molecule has 0 radical (unpaired) electrons. The number of carbonyl (C=O) groups excluding carboxylic acids is 1. The van der Waals surface area contributed by atoms with Crippen LogP contribution >= 0.6 is 12.4 Å². The Morgan fingerprint density at radius 1 is 1.40 bits per heavy atom. The van der Waals surface area contributed by atoms with Crippen LogP contribution in [0.2, 0.25) is 0 Å². The Hall–Kier alpha value is -1.11. The second kappa shape index (κ2) is 8.06. The molecule has 7 heteroatoms. The van der Waals surface area contributed by atoms with Crippen LogP contribution in [0.4, 0.5) is 0 Å². The molecule has 1 aliphatic carbocycles. The maximum Gasteiger partial charge on any atom is 0.274 e. The first-order chi connectivity index (χ1) is 11.5. The van der Waals surface area contributed by atoms with Gasteiger partial charge in [-0.1, -0.05) is 20.8 Å². The van der Waals surface area contributed by atoms with Crippen LogP contribution in [-0.2, 0) is 17.7 Å². The van der Waals surface area contributed by atoms with Crippen LogP contribution < -0.4 is 5.32 Å². The molecule has 1 aromatic rings. The van der Waals surface area contributed by atoms with E-state index in [-0.39, 0.29) is 35.9 Å². The van der Waals surface area contributed by atoms with E-state index in [1.165, 1.54) is 0 Å². The lowest BCUT2D eigenvalue weighted by Gasteiger charge is -2.55. The number of carbonyl (C=O) groups is 1. The number of H-pyrrole nitrogens is 1. The second-order valence-electron chi connectivity index (χ2n) is 7.47. The molecule has 1 fully saturated rings. The van der Waals surface area contributed by atoms with Gasteiger partial charge in [-0.15, -0.1) is 12.4 Å². The number of rotatable bonds is 6. The van der Waals surface area contributed by atoms with Gasteiger partial charge in [-0.3, -0.25) is 9.89 Å². The Labute approximate surface area is 156 Å². The summed E-state index contributed by atoms with van der Waals surface area (Å²) in [5.41, 5.74) is 2.73.